The number of hydrogen-bond acceptors (Lipinski definition) is 6. The Morgan fingerprint density at radius 1 is 1.55 bits per heavy atom. The van der Waals surface area contributed by atoms with Crippen molar-refractivity contribution in [3.63, 3.8) is 0 Å². The van der Waals surface area contributed by atoms with E-state index in [-0.39, 0.29) is 5.91 Å². The van der Waals surface area contributed by atoms with Gasteiger partial charge in [-0.05, 0) is 18.9 Å². The molecule has 0 bridgehead atoms. The van der Waals surface area contributed by atoms with Gasteiger partial charge >= 0.3 is 0 Å². The molecule has 1 aromatic rings. The van der Waals surface area contributed by atoms with Crippen LogP contribution in [0.15, 0.2) is 0 Å². The molecule has 6 nitrogen and oxygen atoms in total. The highest BCUT2D eigenvalue weighted by Gasteiger charge is 2.41. The third kappa shape index (κ3) is 3.53. The van der Waals surface area contributed by atoms with Gasteiger partial charge in [0.1, 0.15) is 5.01 Å². The Morgan fingerprint density at radius 3 is 2.95 bits per heavy atom. The van der Waals surface area contributed by atoms with Gasteiger partial charge in [0.15, 0.2) is 0 Å². The normalized spacial score (nSPS) is 22.4. The van der Waals surface area contributed by atoms with E-state index in [2.05, 4.69) is 34.7 Å². The van der Waals surface area contributed by atoms with Crippen LogP contribution in [0.5, 0.6) is 0 Å². The van der Waals surface area contributed by atoms with Gasteiger partial charge in [0, 0.05) is 20.1 Å². The van der Waals surface area contributed by atoms with E-state index in [1.165, 1.54) is 11.3 Å². The van der Waals surface area contributed by atoms with Crippen LogP contribution < -0.4 is 10.6 Å². The van der Waals surface area contributed by atoms with Crippen LogP contribution in [-0.2, 0) is 16.0 Å². The van der Waals surface area contributed by atoms with E-state index in [4.69, 9.17) is 4.74 Å². The first-order valence-corrected chi connectivity index (χ1v) is 7.71. The monoisotopic (exact) mass is 298 g/mol. The summed E-state index contributed by atoms with van der Waals surface area (Å²) in [5, 5.41) is 15.8. The van der Waals surface area contributed by atoms with Gasteiger partial charge in [0.2, 0.25) is 11.0 Å². The summed E-state index contributed by atoms with van der Waals surface area (Å²) in [6, 6.07) is 0. The lowest BCUT2D eigenvalue weighted by Crippen LogP contribution is -2.41. The Bertz CT molecular complexity index is 455. The number of rotatable bonds is 6. The predicted octanol–water partition coefficient (Wildman–Crippen LogP) is 1.30. The van der Waals surface area contributed by atoms with Crippen LogP contribution in [0.2, 0.25) is 0 Å². The van der Waals surface area contributed by atoms with Crippen LogP contribution in [0, 0.1) is 11.3 Å². The minimum absolute atomic E-state index is 0.0309. The highest BCUT2D eigenvalue weighted by molar-refractivity contribution is 7.15. The smallest absolute Gasteiger partial charge is 0.236 e. The fourth-order valence-corrected chi connectivity index (χ4v) is 3.31. The highest BCUT2D eigenvalue weighted by atomic mass is 32.1. The number of carbonyl (C=O) groups is 1. The summed E-state index contributed by atoms with van der Waals surface area (Å²) < 4.78 is 5.21. The van der Waals surface area contributed by atoms with E-state index in [1.807, 2.05) is 0 Å². The van der Waals surface area contributed by atoms with Gasteiger partial charge in [-0.3, -0.25) is 10.1 Å². The molecule has 2 rings (SSSR count). The molecule has 7 heteroatoms. The van der Waals surface area contributed by atoms with E-state index in [1.54, 1.807) is 7.11 Å². The van der Waals surface area contributed by atoms with E-state index in [9.17, 15) is 4.79 Å². The fraction of sp³-hybridized carbons (Fsp3) is 0.769. The first-order chi connectivity index (χ1) is 9.55. The van der Waals surface area contributed by atoms with Crippen LogP contribution >= 0.6 is 11.3 Å². The summed E-state index contributed by atoms with van der Waals surface area (Å²) in [6.07, 6.45) is 1.67. The van der Waals surface area contributed by atoms with Gasteiger partial charge < -0.3 is 10.1 Å². The first-order valence-electron chi connectivity index (χ1n) is 6.89. The van der Waals surface area contributed by atoms with E-state index >= 15 is 0 Å². The summed E-state index contributed by atoms with van der Waals surface area (Å²) in [6.45, 7) is 6.17. The quantitative estimate of drug-likeness (QED) is 0.828. The summed E-state index contributed by atoms with van der Waals surface area (Å²) in [5.41, 5.74) is -0.487. The molecule has 1 aliphatic rings. The first kappa shape index (κ1) is 15.3. The Labute approximate surface area is 123 Å². The molecule has 1 fully saturated rings. The number of aromatic nitrogens is 2. The molecular weight excluding hydrogens is 276 g/mol. The molecule has 0 spiro atoms. The zero-order chi connectivity index (χ0) is 14.6. The largest absolute Gasteiger partial charge is 0.384 e. The van der Waals surface area contributed by atoms with E-state index in [0.717, 1.165) is 24.4 Å². The highest BCUT2D eigenvalue weighted by Crippen LogP contribution is 2.28. The summed E-state index contributed by atoms with van der Waals surface area (Å²) in [4.78, 5) is 12.5. The number of nitrogens with zero attached hydrogens (tertiary/aromatic N) is 2. The molecule has 1 aromatic heterocycles. The number of ether oxygens (including phenoxy) is 1. The van der Waals surface area contributed by atoms with Gasteiger partial charge in [0.25, 0.3) is 0 Å². The average molecular weight is 298 g/mol. The van der Waals surface area contributed by atoms with Crippen molar-refractivity contribution in [2.45, 2.75) is 26.7 Å². The molecule has 112 valence electrons. The van der Waals surface area contributed by atoms with Crippen LogP contribution in [0.25, 0.3) is 0 Å². The zero-order valence-corrected chi connectivity index (χ0v) is 13.0. The number of hydrogen-bond donors (Lipinski definition) is 2. The number of nitrogens with one attached hydrogen (secondary N) is 2. The zero-order valence-electron chi connectivity index (χ0n) is 12.2. The molecule has 0 saturated carbocycles. The maximum atomic E-state index is 12.5. The third-order valence-electron chi connectivity index (χ3n) is 3.42. The Kier molecular flexibility index (Phi) is 5.06. The van der Waals surface area contributed by atoms with E-state index in [0.29, 0.717) is 24.2 Å². The number of amides is 1. The van der Waals surface area contributed by atoms with Crippen molar-refractivity contribution >= 4 is 22.4 Å². The van der Waals surface area contributed by atoms with Crippen molar-refractivity contribution in [1.82, 2.24) is 15.5 Å². The van der Waals surface area contributed by atoms with Crippen LogP contribution in [0.4, 0.5) is 5.13 Å². The second-order valence-electron chi connectivity index (χ2n) is 5.69. The van der Waals surface area contributed by atoms with Crippen molar-refractivity contribution in [3.8, 4) is 0 Å². The van der Waals surface area contributed by atoms with Crippen molar-refractivity contribution in [1.29, 1.82) is 0 Å². The van der Waals surface area contributed by atoms with Crippen molar-refractivity contribution in [3.05, 3.63) is 5.01 Å². The minimum atomic E-state index is -0.487. The lowest BCUT2D eigenvalue weighted by molar-refractivity contribution is -0.127. The van der Waals surface area contributed by atoms with Gasteiger partial charge in [-0.15, -0.1) is 10.2 Å². The maximum absolute atomic E-state index is 12.5. The van der Waals surface area contributed by atoms with Crippen LogP contribution in [0.3, 0.4) is 0 Å². The number of methoxy groups -OCH3 is 1. The molecule has 20 heavy (non-hydrogen) atoms. The molecule has 0 aromatic carbocycles. The topological polar surface area (TPSA) is 76.1 Å². The maximum Gasteiger partial charge on any atom is 0.236 e. The fourth-order valence-electron chi connectivity index (χ4n) is 2.37. The molecule has 1 saturated heterocycles. The minimum Gasteiger partial charge on any atom is -0.384 e. The molecule has 1 amide bonds. The molecule has 2 heterocycles. The van der Waals surface area contributed by atoms with Crippen molar-refractivity contribution in [2.75, 3.05) is 32.1 Å². The van der Waals surface area contributed by atoms with Gasteiger partial charge in [0.05, 0.1) is 12.0 Å². The lowest BCUT2D eigenvalue weighted by atomic mass is 9.87. The summed E-state index contributed by atoms with van der Waals surface area (Å²) in [7, 11) is 1.62. The lowest BCUT2D eigenvalue weighted by Gasteiger charge is -2.25. The second-order valence-corrected chi connectivity index (χ2v) is 6.76. The number of anilines is 1. The molecule has 0 aliphatic carbocycles. The standard InChI is InChI=1S/C13H22N4O2S/c1-9(2)6-10-16-17-12(20-10)15-11(18)13(8-19-3)4-5-14-7-13/h9,14H,4-8H2,1-3H3,(H,15,17,18). The molecule has 1 atom stereocenters. The van der Waals surface area contributed by atoms with Crippen LogP contribution in [0.1, 0.15) is 25.3 Å². The second kappa shape index (κ2) is 6.60. The van der Waals surface area contributed by atoms with Gasteiger partial charge in [-0.1, -0.05) is 25.2 Å². The Balaban J connectivity index is 2.01. The summed E-state index contributed by atoms with van der Waals surface area (Å²) >= 11 is 1.45. The number of carbonyl (C=O) groups excluding carboxylic acids is 1. The molecule has 2 N–H and O–H groups in total. The van der Waals surface area contributed by atoms with Crippen molar-refractivity contribution < 1.29 is 9.53 Å². The Hall–Kier alpha value is -1.05. The SMILES string of the molecule is COCC1(C(=O)Nc2nnc(CC(C)C)s2)CCNC1. The summed E-state index contributed by atoms with van der Waals surface area (Å²) in [5.74, 6) is 0.502. The van der Waals surface area contributed by atoms with E-state index < -0.39 is 5.41 Å². The third-order valence-corrected chi connectivity index (χ3v) is 4.28. The molecule has 0 radical (unpaired) electrons. The average Bonchev–Trinajstić information content (AvgIpc) is 2.99. The molecule has 1 unspecified atom stereocenters. The molecule has 1 aliphatic heterocycles. The predicted molar refractivity (Wildman–Crippen MR) is 78.9 cm³/mol. The van der Waals surface area contributed by atoms with Crippen LogP contribution in [-0.4, -0.2) is 42.9 Å². The molecular formula is C13H22N4O2S. The van der Waals surface area contributed by atoms with Gasteiger partial charge in [-0.2, -0.15) is 0 Å². The van der Waals surface area contributed by atoms with Crippen molar-refractivity contribution in [2.24, 2.45) is 11.3 Å². The Morgan fingerprint density at radius 2 is 2.35 bits per heavy atom. The van der Waals surface area contributed by atoms with Gasteiger partial charge in [-0.25, -0.2) is 0 Å².